The van der Waals surface area contributed by atoms with Crippen molar-refractivity contribution in [3.63, 3.8) is 0 Å². The Hall–Kier alpha value is -2.94. The van der Waals surface area contributed by atoms with Crippen molar-refractivity contribution in [2.75, 3.05) is 5.73 Å². The minimum atomic E-state index is -0.618. The Bertz CT molecular complexity index is 1130. The third-order valence-corrected chi connectivity index (χ3v) is 4.58. The number of hydrogen-bond donors (Lipinski definition) is 2. The van der Waals surface area contributed by atoms with Gasteiger partial charge in [-0.2, -0.15) is 5.10 Å². The van der Waals surface area contributed by atoms with Gasteiger partial charge in [0.25, 0.3) is 17.4 Å². The highest BCUT2D eigenvalue weighted by atomic mass is 79.9. The zero-order valence-electron chi connectivity index (χ0n) is 12.3. The average molecular weight is 388 g/mol. The molecule has 24 heavy (non-hydrogen) atoms. The summed E-state index contributed by atoms with van der Waals surface area (Å²) in [7, 11) is 1.74. The van der Waals surface area contributed by atoms with Gasteiger partial charge in [0, 0.05) is 18.5 Å². The number of para-hydroxylation sites is 1. The van der Waals surface area contributed by atoms with E-state index in [1.807, 2.05) is 6.07 Å². The summed E-state index contributed by atoms with van der Waals surface area (Å²) in [6.45, 7) is 0. The van der Waals surface area contributed by atoms with Gasteiger partial charge in [0.2, 0.25) is 0 Å². The maximum Gasteiger partial charge on any atom is 0.262 e. The molecule has 0 saturated carbocycles. The lowest BCUT2D eigenvalue weighted by molar-refractivity contribution is 0.0880. The molecule has 0 fully saturated rings. The van der Waals surface area contributed by atoms with Crippen LogP contribution in [0.3, 0.4) is 0 Å². The molecule has 1 aromatic carbocycles. The number of pyridine rings is 1. The van der Waals surface area contributed by atoms with Gasteiger partial charge >= 0.3 is 0 Å². The zero-order chi connectivity index (χ0) is 17.2. The lowest BCUT2D eigenvalue weighted by Crippen LogP contribution is -2.24. The second-order valence-corrected chi connectivity index (χ2v) is 6.11. The fourth-order valence-electron chi connectivity index (χ4n) is 2.98. The number of halogens is 1. The van der Waals surface area contributed by atoms with E-state index in [1.54, 1.807) is 23.9 Å². The molecule has 0 atom stereocenters. The molecule has 0 unspecified atom stereocenters. The van der Waals surface area contributed by atoms with Crippen molar-refractivity contribution in [1.29, 1.82) is 0 Å². The molecule has 0 bridgehead atoms. The molecular formula is C15H10BrN5O3. The fraction of sp³-hybridized carbons (Fsp3) is 0.0667. The Morgan fingerprint density at radius 1 is 1.21 bits per heavy atom. The predicted molar refractivity (Wildman–Crippen MR) is 90.2 cm³/mol. The van der Waals surface area contributed by atoms with Gasteiger partial charge in [-0.15, -0.1) is 0 Å². The van der Waals surface area contributed by atoms with E-state index >= 15 is 0 Å². The van der Waals surface area contributed by atoms with Crippen LogP contribution >= 0.6 is 15.9 Å². The summed E-state index contributed by atoms with van der Waals surface area (Å²) in [4.78, 5) is 36.3. The largest absolute Gasteiger partial charge is 0.384 e. The number of hydrogen-bond acceptors (Lipinski definition) is 5. The topological polar surface area (TPSA) is 112 Å². The van der Waals surface area contributed by atoms with E-state index in [-0.39, 0.29) is 16.9 Å². The normalized spacial score (nSPS) is 13.4. The summed E-state index contributed by atoms with van der Waals surface area (Å²) in [6.07, 6.45) is 0. The van der Waals surface area contributed by atoms with E-state index < -0.39 is 17.4 Å². The van der Waals surface area contributed by atoms with Crippen molar-refractivity contribution in [3.8, 4) is 5.69 Å². The maximum absolute atomic E-state index is 12.6. The summed E-state index contributed by atoms with van der Waals surface area (Å²) in [5.41, 5.74) is 6.73. The molecule has 3 heterocycles. The van der Waals surface area contributed by atoms with Crippen LogP contribution in [0.5, 0.6) is 0 Å². The van der Waals surface area contributed by atoms with Crippen LogP contribution in [-0.2, 0) is 7.05 Å². The lowest BCUT2D eigenvalue weighted by Gasteiger charge is -2.13. The smallest absolute Gasteiger partial charge is 0.262 e. The molecule has 0 saturated heterocycles. The van der Waals surface area contributed by atoms with Gasteiger partial charge in [0.05, 0.1) is 22.3 Å². The van der Waals surface area contributed by atoms with Crippen LogP contribution in [0.25, 0.3) is 16.6 Å². The predicted octanol–water partition coefficient (Wildman–Crippen LogP) is 0.952. The third-order valence-electron chi connectivity index (χ3n) is 3.99. The standard InChI is InChI=1S/C15H10BrN5O3/c1-20-11-6(12(16)19-20)3-2-4-8(11)21-9(22)5-7-10(13(21)17)15(24)18-14(7)23/h2-5H,17H2,1H3,(H,18,23,24). The minimum Gasteiger partial charge on any atom is -0.384 e. The highest BCUT2D eigenvalue weighted by Crippen LogP contribution is 2.30. The third kappa shape index (κ3) is 1.78. The first-order valence-electron chi connectivity index (χ1n) is 6.93. The number of amides is 2. The summed E-state index contributed by atoms with van der Waals surface area (Å²) < 4.78 is 3.45. The Labute approximate surface area is 143 Å². The quantitative estimate of drug-likeness (QED) is 0.603. The van der Waals surface area contributed by atoms with Crippen LogP contribution in [0.1, 0.15) is 20.7 Å². The number of carbonyl (C=O) groups excluding carboxylic acids is 2. The Morgan fingerprint density at radius 2 is 1.96 bits per heavy atom. The summed E-state index contributed by atoms with van der Waals surface area (Å²) in [5.74, 6) is -1.31. The van der Waals surface area contributed by atoms with E-state index in [1.165, 1.54) is 4.57 Å². The van der Waals surface area contributed by atoms with Crippen LogP contribution in [0.4, 0.5) is 5.82 Å². The number of nitrogen functional groups attached to an aromatic ring is 1. The number of benzene rings is 1. The number of nitrogens with zero attached hydrogens (tertiary/aromatic N) is 3. The van der Waals surface area contributed by atoms with Gasteiger partial charge in [-0.3, -0.25) is 28.9 Å². The second kappa shape index (κ2) is 4.78. The summed E-state index contributed by atoms with van der Waals surface area (Å²) in [5, 5.41) is 7.22. The van der Waals surface area contributed by atoms with Gasteiger partial charge in [-0.05, 0) is 28.1 Å². The molecule has 1 aliphatic rings. The number of carbonyl (C=O) groups is 2. The van der Waals surface area contributed by atoms with Crippen molar-refractivity contribution in [1.82, 2.24) is 19.7 Å². The molecule has 2 aromatic heterocycles. The van der Waals surface area contributed by atoms with Crippen molar-refractivity contribution >= 4 is 44.5 Å². The van der Waals surface area contributed by atoms with E-state index in [0.29, 0.717) is 15.8 Å². The number of nitrogens with two attached hydrogens (primary N) is 1. The Kier molecular flexibility index (Phi) is 2.91. The van der Waals surface area contributed by atoms with Gasteiger partial charge in [0.1, 0.15) is 10.4 Å². The monoisotopic (exact) mass is 387 g/mol. The Morgan fingerprint density at radius 3 is 2.71 bits per heavy atom. The zero-order valence-corrected chi connectivity index (χ0v) is 13.9. The lowest BCUT2D eigenvalue weighted by atomic mass is 10.1. The van der Waals surface area contributed by atoms with Gasteiger partial charge in [-0.25, -0.2) is 0 Å². The van der Waals surface area contributed by atoms with Crippen LogP contribution in [0.2, 0.25) is 0 Å². The number of aryl methyl sites for hydroxylation is 1. The number of fused-ring (bicyclic) bond motifs is 2. The van der Waals surface area contributed by atoms with Crippen molar-refractivity contribution in [2.45, 2.75) is 0 Å². The van der Waals surface area contributed by atoms with Crippen LogP contribution in [0, 0.1) is 0 Å². The summed E-state index contributed by atoms with van der Waals surface area (Å²) >= 11 is 3.37. The number of nitrogens with one attached hydrogen (secondary N) is 1. The van der Waals surface area contributed by atoms with E-state index in [9.17, 15) is 14.4 Å². The van der Waals surface area contributed by atoms with Crippen molar-refractivity contribution in [2.24, 2.45) is 7.05 Å². The van der Waals surface area contributed by atoms with Gasteiger partial charge < -0.3 is 5.73 Å². The fourth-order valence-corrected chi connectivity index (χ4v) is 3.54. The van der Waals surface area contributed by atoms with E-state index in [0.717, 1.165) is 11.5 Å². The second-order valence-electron chi connectivity index (χ2n) is 5.36. The first-order valence-corrected chi connectivity index (χ1v) is 7.72. The molecule has 1 aliphatic heterocycles. The van der Waals surface area contributed by atoms with Crippen LogP contribution in [0.15, 0.2) is 33.7 Å². The number of imide groups is 1. The number of aromatic nitrogens is 3. The molecule has 0 spiro atoms. The van der Waals surface area contributed by atoms with Crippen molar-refractivity contribution in [3.05, 3.63) is 50.3 Å². The molecule has 4 rings (SSSR count). The minimum absolute atomic E-state index is 0.00267. The molecule has 120 valence electrons. The highest BCUT2D eigenvalue weighted by molar-refractivity contribution is 9.10. The molecule has 0 aliphatic carbocycles. The molecule has 8 nitrogen and oxygen atoms in total. The van der Waals surface area contributed by atoms with Gasteiger partial charge in [0.15, 0.2) is 0 Å². The van der Waals surface area contributed by atoms with E-state index in [4.69, 9.17) is 5.73 Å². The molecule has 3 aromatic rings. The van der Waals surface area contributed by atoms with Crippen molar-refractivity contribution < 1.29 is 9.59 Å². The SMILES string of the molecule is Cn1nc(Br)c2cccc(-n3c(N)c4c(cc3=O)C(=O)NC4=O)c21. The van der Waals surface area contributed by atoms with Crippen LogP contribution < -0.4 is 16.6 Å². The van der Waals surface area contributed by atoms with Gasteiger partial charge in [-0.1, -0.05) is 6.07 Å². The molecule has 3 N–H and O–H groups in total. The summed E-state index contributed by atoms with van der Waals surface area (Å²) in [6, 6.07) is 6.43. The number of anilines is 1. The molecular weight excluding hydrogens is 378 g/mol. The molecule has 2 amide bonds. The highest BCUT2D eigenvalue weighted by Gasteiger charge is 2.32. The number of rotatable bonds is 1. The Balaban J connectivity index is 2.14. The average Bonchev–Trinajstić information content (AvgIpc) is 2.97. The first-order chi connectivity index (χ1) is 11.4. The maximum atomic E-state index is 12.6. The van der Waals surface area contributed by atoms with E-state index in [2.05, 4.69) is 26.3 Å². The molecule has 0 radical (unpaired) electrons. The first kappa shape index (κ1) is 14.6. The molecule has 9 heteroatoms. The van der Waals surface area contributed by atoms with Crippen LogP contribution in [-0.4, -0.2) is 26.2 Å².